The van der Waals surface area contributed by atoms with Gasteiger partial charge in [-0.2, -0.15) is 13.2 Å². The van der Waals surface area contributed by atoms with Crippen LogP contribution in [0.3, 0.4) is 0 Å². The predicted molar refractivity (Wildman–Crippen MR) is 149 cm³/mol. The van der Waals surface area contributed by atoms with Gasteiger partial charge in [-0.3, -0.25) is 19.7 Å². The number of alkyl halides is 3. The average Bonchev–Trinajstić information content (AvgIpc) is 3.68. The van der Waals surface area contributed by atoms with Crippen LogP contribution in [0.15, 0.2) is 42.7 Å². The molecule has 1 amide bonds. The number of rotatable bonds is 3. The molecular weight excluding hydrogens is 537 g/mol. The maximum atomic E-state index is 13.8. The van der Waals surface area contributed by atoms with Crippen molar-refractivity contribution in [2.24, 2.45) is 0 Å². The summed E-state index contributed by atoms with van der Waals surface area (Å²) in [5.41, 5.74) is 4.09. The van der Waals surface area contributed by atoms with Gasteiger partial charge in [0.15, 0.2) is 0 Å². The number of carbonyl (C=O) groups is 1. The van der Waals surface area contributed by atoms with Crippen LogP contribution in [0.2, 0.25) is 0 Å². The van der Waals surface area contributed by atoms with E-state index in [1.54, 1.807) is 11.8 Å². The van der Waals surface area contributed by atoms with Crippen molar-refractivity contribution in [2.75, 3.05) is 42.5 Å². The van der Waals surface area contributed by atoms with E-state index in [0.29, 0.717) is 33.9 Å². The normalized spacial score (nSPS) is 19.4. The monoisotopic (exact) mass is 564 g/mol. The molecule has 3 aliphatic rings. The Labute approximate surface area is 233 Å². The number of hydrogen-bond acceptors (Lipinski definition) is 7. The second-order valence-corrected chi connectivity index (χ2v) is 11.7. The summed E-state index contributed by atoms with van der Waals surface area (Å²) < 4.78 is 38.9. The highest BCUT2D eigenvalue weighted by atomic mass is 32.1. The Kier molecular flexibility index (Phi) is 6.04. The van der Waals surface area contributed by atoms with E-state index in [-0.39, 0.29) is 5.91 Å². The van der Waals surface area contributed by atoms with E-state index in [0.717, 1.165) is 77.5 Å². The van der Waals surface area contributed by atoms with E-state index >= 15 is 0 Å². The summed E-state index contributed by atoms with van der Waals surface area (Å²) in [6.07, 6.45) is 1.44. The molecule has 6 heterocycles. The Balaban J connectivity index is 1.19. The van der Waals surface area contributed by atoms with Gasteiger partial charge in [0.05, 0.1) is 22.5 Å². The second kappa shape index (κ2) is 9.52. The molecule has 7 nitrogen and oxygen atoms in total. The van der Waals surface area contributed by atoms with Gasteiger partial charge in [-0.1, -0.05) is 0 Å². The second-order valence-electron chi connectivity index (χ2n) is 10.7. The Morgan fingerprint density at radius 1 is 1.05 bits per heavy atom. The fourth-order valence-corrected chi connectivity index (χ4v) is 7.22. The van der Waals surface area contributed by atoms with Crippen molar-refractivity contribution in [1.82, 2.24) is 19.9 Å². The zero-order valence-corrected chi connectivity index (χ0v) is 22.7. The molecular formula is C29H27F3N6OS. The predicted octanol–water partition coefficient (Wildman–Crippen LogP) is 5.57. The number of anilines is 2. The van der Waals surface area contributed by atoms with Crippen LogP contribution in [0, 0.1) is 6.92 Å². The molecule has 1 atom stereocenters. The van der Waals surface area contributed by atoms with Gasteiger partial charge in [0.1, 0.15) is 9.88 Å². The summed E-state index contributed by atoms with van der Waals surface area (Å²) in [6.45, 7) is 6.51. The maximum Gasteiger partial charge on any atom is 0.417 e. The molecule has 206 valence electrons. The molecule has 0 saturated carbocycles. The van der Waals surface area contributed by atoms with Crippen LogP contribution in [0.4, 0.5) is 24.5 Å². The van der Waals surface area contributed by atoms with E-state index in [4.69, 9.17) is 0 Å². The SMILES string of the molecule is Cc1nc(-c2ccc(C(F)(F)F)cn2)sc1C(=O)N1CCc2cc3nccc(N4CCN5CCC[C@H]5C4)c3cc21. The number of aryl methyl sites for hydroxylation is 1. The van der Waals surface area contributed by atoms with Crippen molar-refractivity contribution < 1.29 is 18.0 Å². The summed E-state index contributed by atoms with van der Waals surface area (Å²) in [6, 6.07) is 9.16. The van der Waals surface area contributed by atoms with Gasteiger partial charge < -0.3 is 9.80 Å². The molecule has 3 aliphatic heterocycles. The summed E-state index contributed by atoms with van der Waals surface area (Å²) in [7, 11) is 0. The van der Waals surface area contributed by atoms with Crippen LogP contribution in [0.25, 0.3) is 21.6 Å². The molecule has 0 aliphatic carbocycles. The Hall–Kier alpha value is -3.57. The first kappa shape index (κ1) is 25.4. The molecule has 2 saturated heterocycles. The lowest BCUT2D eigenvalue weighted by molar-refractivity contribution is -0.137. The number of halogens is 3. The number of hydrogen-bond donors (Lipinski definition) is 0. The average molecular weight is 565 g/mol. The van der Waals surface area contributed by atoms with Crippen molar-refractivity contribution in [3.8, 4) is 10.7 Å². The van der Waals surface area contributed by atoms with Crippen LogP contribution < -0.4 is 9.80 Å². The van der Waals surface area contributed by atoms with Crippen LogP contribution in [0.1, 0.15) is 39.3 Å². The topological polar surface area (TPSA) is 65.5 Å². The molecule has 40 heavy (non-hydrogen) atoms. The quantitative estimate of drug-likeness (QED) is 0.324. The highest BCUT2D eigenvalue weighted by molar-refractivity contribution is 7.17. The first-order valence-corrected chi connectivity index (χ1v) is 14.3. The third-order valence-electron chi connectivity index (χ3n) is 8.29. The van der Waals surface area contributed by atoms with E-state index in [9.17, 15) is 18.0 Å². The fourth-order valence-electron chi connectivity index (χ4n) is 6.23. The number of fused-ring (bicyclic) bond motifs is 3. The zero-order valence-electron chi connectivity index (χ0n) is 21.9. The number of nitrogens with zero attached hydrogens (tertiary/aromatic N) is 6. The number of pyridine rings is 2. The van der Waals surface area contributed by atoms with Crippen LogP contribution in [-0.2, 0) is 12.6 Å². The van der Waals surface area contributed by atoms with Crippen molar-refractivity contribution >= 4 is 39.5 Å². The first-order valence-electron chi connectivity index (χ1n) is 13.5. The third-order valence-corrected chi connectivity index (χ3v) is 9.46. The lowest BCUT2D eigenvalue weighted by Gasteiger charge is -2.39. The first-order chi connectivity index (χ1) is 19.3. The standard InChI is InChI=1S/C29H27F3N6OS/c1-17-26(40-27(35-17)22-5-4-19(15-34-22)29(30,31)32)28(39)38-10-7-18-13-23-21(14-25(18)38)24(6-8-33-23)37-12-11-36-9-2-3-20(36)16-37/h4-6,8,13-15,20H,2-3,7,9-12,16H2,1H3/t20-/m0/s1. The van der Waals surface area contributed by atoms with Crippen LogP contribution in [0.5, 0.6) is 0 Å². The number of piperazine rings is 1. The lowest BCUT2D eigenvalue weighted by atomic mass is 10.1. The highest BCUT2D eigenvalue weighted by Crippen LogP contribution is 2.39. The fraction of sp³-hybridized carbons (Fsp3) is 0.379. The Morgan fingerprint density at radius 2 is 1.93 bits per heavy atom. The van der Waals surface area contributed by atoms with Gasteiger partial charge in [0, 0.05) is 61.4 Å². The van der Waals surface area contributed by atoms with Gasteiger partial charge >= 0.3 is 6.18 Å². The lowest BCUT2D eigenvalue weighted by Crippen LogP contribution is -2.50. The highest BCUT2D eigenvalue weighted by Gasteiger charge is 2.34. The maximum absolute atomic E-state index is 13.8. The molecule has 11 heteroatoms. The van der Waals surface area contributed by atoms with Crippen molar-refractivity contribution in [3.63, 3.8) is 0 Å². The molecule has 0 spiro atoms. The van der Waals surface area contributed by atoms with Crippen molar-refractivity contribution in [2.45, 2.75) is 38.4 Å². The molecule has 0 unspecified atom stereocenters. The van der Waals surface area contributed by atoms with Gasteiger partial charge in [0.25, 0.3) is 5.91 Å². The summed E-state index contributed by atoms with van der Waals surface area (Å²) in [4.78, 5) is 34.2. The Morgan fingerprint density at radius 3 is 2.73 bits per heavy atom. The van der Waals surface area contributed by atoms with E-state index < -0.39 is 11.7 Å². The molecule has 0 bridgehead atoms. The number of benzene rings is 1. The van der Waals surface area contributed by atoms with Gasteiger partial charge in [-0.15, -0.1) is 11.3 Å². The minimum atomic E-state index is -4.46. The molecule has 0 radical (unpaired) electrons. The smallest absolute Gasteiger partial charge is 0.368 e. The van der Waals surface area contributed by atoms with Gasteiger partial charge in [-0.25, -0.2) is 4.98 Å². The largest absolute Gasteiger partial charge is 0.417 e. The molecule has 2 fully saturated rings. The zero-order chi connectivity index (χ0) is 27.6. The van der Waals surface area contributed by atoms with Gasteiger partial charge in [0.2, 0.25) is 0 Å². The number of aromatic nitrogens is 3. The minimum absolute atomic E-state index is 0.156. The number of thiazole rings is 1. The van der Waals surface area contributed by atoms with E-state index in [1.165, 1.54) is 25.5 Å². The molecule has 4 aromatic rings. The third kappa shape index (κ3) is 4.32. The van der Waals surface area contributed by atoms with Crippen LogP contribution >= 0.6 is 11.3 Å². The van der Waals surface area contributed by atoms with E-state index in [2.05, 4.69) is 43.0 Å². The van der Waals surface area contributed by atoms with Crippen LogP contribution in [-0.4, -0.2) is 64.5 Å². The summed E-state index contributed by atoms with van der Waals surface area (Å²) in [5.74, 6) is -0.156. The Bertz CT molecular complexity index is 1620. The molecule has 7 rings (SSSR count). The minimum Gasteiger partial charge on any atom is -0.368 e. The van der Waals surface area contributed by atoms with Crippen molar-refractivity contribution in [3.05, 3.63) is 64.4 Å². The summed E-state index contributed by atoms with van der Waals surface area (Å²) >= 11 is 1.16. The van der Waals surface area contributed by atoms with E-state index in [1.807, 2.05) is 6.20 Å². The number of amides is 1. The number of carbonyl (C=O) groups excluding carboxylic acids is 1. The molecule has 1 aromatic carbocycles. The molecule has 3 aromatic heterocycles. The summed E-state index contributed by atoms with van der Waals surface area (Å²) in [5, 5.41) is 1.47. The van der Waals surface area contributed by atoms with Gasteiger partial charge in [-0.05, 0) is 68.6 Å². The van der Waals surface area contributed by atoms with Crippen molar-refractivity contribution in [1.29, 1.82) is 0 Å². The molecule has 0 N–H and O–H groups in total.